The van der Waals surface area contributed by atoms with Crippen LogP contribution >= 0.6 is 0 Å². The van der Waals surface area contributed by atoms with Crippen molar-refractivity contribution >= 4 is 0 Å². The average molecular weight is 186 g/mol. The fraction of sp³-hybridized carbons (Fsp3) is 0.167. The molecule has 0 spiro atoms. The summed E-state index contributed by atoms with van der Waals surface area (Å²) in [6, 6.07) is 10.4. The Balaban J connectivity index is 2.51. The number of hydrogen-bond donors (Lipinski definition) is 1. The summed E-state index contributed by atoms with van der Waals surface area (Å²) < 4.78 is 2.11. The predicted octanol–water partition coefficient (Wildman–Crippen LogP) is 2.24. The van der Waals surface area contributed by atoms with Crippen LogP contribution in [0.25, 0.3) is 5.69 Å². The van der Waals surface area contributed by atoms with Crippen LogP contribution in [-0.4, -0.2) is 4.57 Å². The quantitative estimate of drug-likeness (QED) is 0.766. The molecule has 0 aliphatic carbocycles. The number of aryl methyl sites for hydroxylation is 1. The van der Waals surface area contributed by atoms with Crippen LogP contribution in [0.15, 0.2) is 42.7 Å². The molecule has 0 unspecified atom stereocenters. The maximum absolute atomic E-state index is 5.61. The molecule has 0 bridgehead atoms. The van der Waals surface area contributed by atoms with E-state index in [4.69, 9.17) is 5.73 Å². The molecule has 72 valence electrons. The number of rotatable bonds is 2. The summed E-state index contributed by atoms with van der Waals surface area (Å²) in [4.78, 5) is 0. The van der Waals surface area contributed by atoms with E-state index in [0.717, 1.165) is 0 Å². The summed E-state index contributed by atoms with van der Waals surface area (Å²) in [5, 5.41) is 0. The third-order valence-electron chi connectivity index (χ3n) is 2.39. The predicted molar refractivity (Wildman–Crippen MR) is 58.4 cm³/mol. The average Bonchev–Trinajstić information content (AvgIpc) is 2.71. The Morgan fingerprint density at radius 3 is 2.57 bits per heavy atom. The van der Waals surface area contributed by atoms with Gasteiger partial charge in [0.05, 0.1) is 0 Å². The molecule has 2 nitrogen and oxygen atoms in total. The number of nitrogens with two attached hydrogens (primary N) is 1. The Morgan fingerprint density at radius 1 is 1.21 bits per heavy atom. The zero-order valence-corrected chi connectivity index (χ0v) is 8.27. The summed E-state index contributed by atoms with van der Waals surface area (Å²) >= 11 is 0. The molecule has 0 aliphatic heterocycles. The van der Waals surface area contributed by atoms with Crippen molar-refractivity contribution in [3.8, 4) is 5.69 Å². The Labute approximate surface area is 84.0 Å². The molecule has 0 saturated carbocycles. The normalized spacial score (nSPS) is 10.4. The molecule has 0 amide bonds. The van der Waals surface area contributed by atoms with Gasteiger partial charge in [0, 0.05) is 24.6 Å². The smallest absolute Gasteiger partial charge is 0.0481 e. The van der Waals surface area contributed by atoms with Crippen molar-refractivity contribution < 1.29 is 0 Å². The molecule has 14 heavy (non-hydrogen) atoms. The molecule has 0 aliphatic rings. The van der Waals surface area contributed by atoms with Crippen molar-refractivity contribution in [2.24, 2.45) is 5.73 Å². The van der Waals surface area contributed by atoms with Gasteiger partial charge in [0.2, 0.25) is 0 Å². The van der Waals surface area contributed by atoms with Crippen LogP contribution in [0, 0.1) is 6.92 Å². The molecule has 2 heteroatoms. The molecule has 0 fully saturated rings. The third-order valence-corrected chi connectivity index (χ3v) is 2.39. The standard InChI is InChI=1S/C12H14N2/c1-10-4-5-11(9-13)8-12(10)14-6-2-3-7-14/h2-8H,9,13H2,1H3. The van der Waals surface area contributed by atoms with Crippen molar-refractivity contribution in [1.29, 1.82) is 0 Å². The highest BCUT2D eigenvalue weighted by atomic mass is 14.9. The van der Waals surface area contributed by atoms with Crippen molar-refractivity contribution in [2.45, 2.75) is 13.5 Å². The van der Waals surface area contributed by atoms with Crippen LogP contribution in [0.4, 0.5) is 0 Å². The van der Waals surface area contributed by atoms with E-state index in [-0.39, 0.29) is 0 Å². The van der Waals surface area contributed by atoms with Crippen LogP contribution in [0.3, 0.4) is 0 Å². The minimum Gasteiger partial charge on any atom is -0.326 e. The van der Waals surface area contributed by atoms with Gasteiger partial charge >= 0.3 is 0 Å². The lowest BCUT2D eigenvalue weighted by molar-refractivity contribution is 1.02. The first-order valence-electron chi connectivity index (χ1n) is 4.74. The molecular formula is C12H14N2. The molecule has 2 aromatic rings. The molecular weight excluding hydrogens is 172 g/mol. The highest BCUT2D eigenvalue weighted by Crippen LogP contribution is 2.15. The van der Waals surface area contributed by atoms with E-state index >= 15 is 0 Å². The minimum atomic E-state index is 0.592. The molecule has 1 aromatic heterocycles. The zero-order valence-electron chi connectivity index (χ0n) is 8.27. The van der Waals surface area contributed by atoms with Crippen LogP contribution < -0.4 is 5.73 Å². The van der Waals surface area contributed by atoms with Gasteiger partial charge in [-0.3, -0.25) is 0 Å². The Morgan fingerprint density at radius 2 is 1.93 bits per heavy atom. The van der Waals surface area contributed by atoms with E-state index in [1.165, 1.54) is 16.8 Å². The Kier molecular flexibility index (Phi) is 2.37. The van der Waals surface area contributed by atoms with Crippen LogP contribution in [0.5, 0.6) is 0 Å². The maximum atomic E-state index is 5.61. The number of nitrogens with zero attached hydrogens (tertiary/aromatic N) is 1. The van der Waals surface area contributed by atoms with Gasteiger partial charge in [0.15, 0.2) is 0 Å². The van der Waals surface area contributed by atoms with Gasteiger partial charge in [0.25, 0.3) is 0 Å². The van der Waals surface area contributed by atoms with Gasteiger partial charge in [-0.25, -0.2) is 0 Å². The van der Waals surface area contributed by atoms with Gasteiger partial charge in [-0.1, -0.05) is 12.1 Å². The fourth-order valence-corrected chi connectivity index (χ4v) is 1.56. The highest BCUT2D eigenvalue weighted by molar-refractivity contribution is 5.43. The van der Waals surface area contributed by atoms with Crippen LogP contribution in [0.1, 0.15) is 11.1 Å². The summed E-state index contributed by atoms with van der Waals surface area (Å²) in [5.74, 6) is 0. The lowest BCUT2D eigenvalue weighted by atomic mass is 10.1. The molecule has 0 saturated heterocycles. The summed E-state index contributed by atoms with van der Waals surface area (Å²) in [7, 11) is 0. The third kappa shape index (κ3) is 1.56. The van der Waals surface area contributed by atoms with Crippen molar-refractivity contribution in [3.63, 3.8) is 0 Å². The summed E-state index contributed by atoms with van der Waals surface area (Å²) in [5.41, 5.74) is 9.25. The zero-order chi connectivity index (χ0) is 9.97. The first-order chi connectivity index (χ1) is 6.81. The van der Waals surface area contributed by atoms with E-state index in [1.807, 2.05) is 24.5 Å². The monoisotopic (exact) mass is 186 g/mol. The van der Waals surface area contributed by atoms with Crippen LogP contribution in [-0.2, 0) is 6.54 Å². The Bertz CT molecular complexity index is 416. The molecule has 2 rings (SSSR count). The van der Waals surface area contributed by atoms with Crippen LogP contribution in [0.2, 0.25) is 0 Å². The van der Waals surface area contributed by atoms with Crippen molar-refractivity contribution in [3.05, 3.63) is 53.9 Å². The summed E-state index contributed by atoms with van der Waals surface area (Å²) in [6.07, 6.45) is 4.09. The van der Waals surface area contributed by atoms with Gasteiger partial charge in [-0.2, -0.15) is 0 Å². The van der Waals surface area contributed by atoms with E-state index < -0.39 is 0 Å². The first-order valence-corrected chi connectivity index (χ1v) is 4.74. The lowest BCUT2D eigenvalue weighted by Gasteiger charge is -2.08. The summed E-state index contributed by atoms with van der Waals surface area (Å²) in [6.45, 7) is 2.70. The number of benzene rings is 1. The Hall–Kier alpha value is -1.54. The lowest BCUT2D eigenvalue weighted by Crippen LogP contribution is -2.00. The molecule has 2 N–H and O–H groups in total. The van der Waals surface area contributed by atoms with Gasteiger partial charge < -0.3 is 10.3 Å². The molecule has 1 heterocycles. The second kappa shape index (κ2) is 3.68. The topological polar surface area (TPSA) is 30.9 Å². The largest absolute Gasteiger partial charge is 0.326 e. The SMILES string of the molecule is Cc1ccc(CN)cc1-n1cccc1. The second-order valence-corrected chi connectivity index (χ2v) is 3.42. The molecule has 0 radical (unpaired) electrons. The molecule has 1 aromatic carbocycles. The highest BCUT2D eigenvalue weighted by Gasteiger charge is 2.00. The van der Waals surface area contributed by atoms with Crippen molar-refractivity contribution in [2.75, 3.05) is 0 Å². The minimum absolute atomic E-state index is 0.592. The van der Waals surface area contributed by atoms with Gasteiger partial charge in [-0.05, 0) is 36.2 Å². The van der Waals surface area contributed by atoms with E-state index in [1.54, 1.807) is 0 Å². The maximum Gasteiger partial charge on any atom is 0.0481 e. The van der Waals surface area contributed by atoms with Crippen molar-refractivity contribution in [1.82, 2.24) is 4.57 Å². The van der Waals surface area contributed by atoms with E-state index in [2.05, 4.69) is 29.7 Å². The van der Waals surface area contributed by atoms with E-state index in [0.29, 0.717) is 6.54 Å². The van der Waals surface area contributed by atoms with Gasteiger partial charge in [0.1, 0.15) is 0 Å². The number of hydrogen-bond acceptors (Lipinski definition) is 1. The fourth-order valence-electron chi connectivity index (χ4n) is 1.56. The van der Waals surface area contributed by atoms with Gasteiger partial charge in [-0.15, -0.1) is 0 Å². The van der Waals surface area contributed by atoms with E-state index in [9.17, 15) is 0 Å². The molecule has 0 atom stereocenters. The first kappa shape index (κ1) is 9.03. The second-order valence-electron chi connectivity index (χ2n) is 3.42. The number of aromatic nitrogens is 1.